The summed E-state index contributed by atoms with van der Waals surface area (Å²) in [4.78, 5) is 11.5. The summed E-state index contributed by atoms with van der Waals surface area (Å²) in [6.45, 7) is 6.15. The standard InChI is InChI=1S/C17H37OSi/c1-4-5-6-7-8-9-10-11-12-13-14-15-16-17-19(2,3)18/h4-17H2,1-3H3. The second-order valence-corrected chi connectivity index (χ2v) is 10.8. The Hall–Kier alpha value is 0.177. The van der Waals surface area contributed by atoms with E-state index in [1.54, 1.807) is 0 Å². The van der Waals surface area contributed by atoms with E-state index in [0.29, 0.717) is 0 Å². The second-order valence-electron chi connectivity index (χ2n) is 6.75. The molecule has 0 fully saturated rings. The van der Waals surface area contributed by atoms with Gasteiger partial charge in [-0.15, -0.1) is 0 Å². The molecule has 115 valence electrons. The molecule has 0 saturated heterocycles. The molecule has 0 unspecified atom stereocenters. The van der Waals surface area contributed by atoms with Gasteiger partial charge in [-0.05, 0) is 19.1 Å². The lowest BCUT2D eigenvalue weighted by molar-refractivity contribution is 0.423. The minimum atomic E-state index is -2.01. The van der Waals surface area contributed by atoms with Crippen molar-refractivity contribution < 1.29 is 4.80 Å². The van der Waals surface area contributed by atoms with Crippen molar-refractivity contribution in [1.82, 2.24) is 0 Å². The maximum Gasteiger partial charge on any atom is 0.231 e. The minimum absolute atomic E-state index is 0.977. The van der Waals surface area contributed by atoms with Crippen LogP contribution in [0.25, 0.3) is 0 Å². The Bertz CT molecular complexity index is 175. The van der Waals surface area contributed by atoms with Gasteiger partial charge in [-0.2, -0.15) is 0 Å². The van der Waals surface area contributed by atoms with E-state index >= 15 is 0 Å². The van der Waals surface area contributed by atoms with Gasteiger partial charge in [0.1, 0.15) is 0 Å². The molecule has 0 aromatic rings. The maximum atomic E-state index is 11.5. The van der Waals surface area contributed by atoms with Crippen LogP contribution >= 0.6 is 0 Å². The van der Waals surface area contributed by atoms with Crippen LogP contribution < -0.4 is 0 Å². The van der Waals surface area contributed by atoms with Crippen molar-refractivity contribution in [2.45, 2.75) is 110 Å². The van der Waals surface area contributed by atoms with E-state index < -0.39 is 8.32 Å². The smallest absolute Gasteiger partial charge is 0.231 e. The van der Waals surface area contributed by atoms with E-state index in [2.05, 4.69) is 6.92 Å². The molecule has 1 radical (unpaired) electrons. The largest absolute Gasteiger partial charge is 0.298 e. The Balaban J connectivity index is 2.99. The van der Waals surface area contributed by atoms with Crippen LogP contribution in [0, 0.1) is 0 Å². The van der Waals surface area contributed by atoms with Crippen LogP contribution in [0.3, 0.4) is 0 Å². The first-order valence-corrected chi connectivity index (χ1v) is 11.9. The third-order valence-corrected chi connectivity index (χ3v) is 5.44. The van der Waals surface area contributed by atoms with Crippen molar-refractivity contribution in [3.8, 4) is 0 Å². The van der Waals surface area contributed by atoms with Gasteiger partial charge >= 0.3 is 0 Å². The fourth-order valence-corrected chi connectivity index (χ4v) is 3.67. The number of rotatable bonds is 14. The summed E-state index contributed by atoms with van der Waals surface area (Å²) in [6, 6.07) is 0.977. The molecule has 2 heteroatoms. The van der Waals surface area contributed by atoms with Gasteiger partial charge in [0.25, 0.3) is 0 Å². The molecule has 0 saturated carbocycles. The highest BCUT2D eigenvalue weighted by atomic mass is 28.4. The average molecular weight is 286 g/mol. The predicted molar refractivity (Wildman–Crippen MR) is 88.7 cm³/mol. The summed E-state index contributed by atoms with van der Waals surface area (Å²) < 4.78 is 0. The lowest BCUT2D eigenvalue weighted by atomic mass is 10.1. The SMILES string of the molecule is CCCCCCCCCCCCCCC[Si](C)(C)[O]. The molecule has 0 aliphatic rings. The third kappa shape index (κ3) is 18.2. The van der Waals surface area contributed by atoms with E-state index in [4.69, 9.17) is 0 Å². The van der Waals surface area contributed by atoms with Gasteiger partial charge in [0.15, 0.2) is 0 Å². The summed E-state index contributed by atoms with van der Waals surface area (Å²) in [7, 11) is -2.01. The van der Waals surface area contributed by atoms with Crippen LogP contribution in [0.1, 0.15) is 90.4 Å². The van der Waals surface area contributed by atoms with E-state index in [0.717, 1.165) is 6.04 Å². The molecule has 0 rings (SSSR count). The fraction of sp³-hybridized carbons (Fsp3) is 1.00. The van der Waals surface area contributed by atoms with Crippen molar-refractivity contribution >= 4 is 8.32 Å². The summed E-state index contributed by atoms with van der Waals surface area (Å²) in [5, 5.41) is 0. The Morgan fingerprint density at radius 1 is 0.579 bits per heavy atom. The van der Waals surface area contributed by atoms with Crippen molar-refractivity contribution in [3.63, 3.8) is 0 Å². The molecule has 1 nitrogen and oxygen atoms in total. The normalized spacial score (nSPS) is 12.0. The Morgan fingerprint density at radius 3 is 1.21 bits per heavy atom. The molecule has 0 aromatic carbocycles. The summed E-state index contributed by atoms with van der Waals surface area (Å²) >= 11 is 0. The van der Waals surface area contributed by atoms with Gasteiger partial charge in [-0.1, -0.05) is 90.4 Å². The average Bonchev–Trinajstić information content (AvgIpc) is 2.34. The molecule has 0 amide bonds. The van der Waals surface area contributed by atoms with Crippen LogP contribution in [-0.4, -0.2) is 8.32 Å². The monoisotopic (exact) mass is 285 g/mol. The van der Waals surface area contributed by atoms with Gasteiger partial charge in [-0.25, -0.2) is 0 Å². The van der Waals surface area contributed by atoms with E-state index in [-0.39, 0.29) is 0 Å². The number of unbranched alkanes of at least 4 members (excludes halogenated alkanes) is 12. The third-order valence-electron chi connectivity index (χ3n) is 3.88. The first-order chi connectivity index (χ1) is 9.06. The van der Waals surface area contributed by atoms with Crippen LogP contribution in [0.15, 0.2) is 0 Å². The molecular weight excluding hydrogens is 248 g/mol. The van der Waals surface area contributed by atoms with Crippen LogP contribution in [0.5, 0.6) is 0 Å². The topological polar surface area (TPSA) is 19.9 Å². The van der Waals surface area contributed by atoms with Gasteiger partial charge in [0, 0.05) is 0 Å². The first-order valence-electron chi connectivity index (χ1n) is 8.76. The molecule has 0 atom stereocenters. The molecule has 0 spiro atoms. The highest BCUT2D eigenvalue weighted by Crippen LogP contribution is 2.15. The van der Waals surface area contributed by atoms with Gasteiger partial charge in [0.05, 0.1) is 0 Å². The molecule has 0 heterocycles. The Morgan fingerprint density at radius 2 is 0.895 bits per heavy atom. The molecular formula is C17H37OSi. The maximum absolute atomic E-state index is 11.5. The quantitative estimate of drug-likeness (QED) is 0.249. The second kappa shape index (κ2) is 13.2. The van der Waals surface area contributed by atoms with Gasteiger partial charge in [-0.3, -0.25) is 4.80 Å². The summed E-state index contributed by atoms with van der Waals surface area (Å²) in [5.41, 5.74) is 0. The van der Waals surface area contributed by atoms with E-state index in [1.807, 2.05) is 13.1 Å². The fourth-order valence-electron chi connectivity index (χ4n) is 2.57. The van der Waals surface area contributed by atoms with Gasteiger partial charge < -0.3 is 0 Å². The highest BCUT2D eigenvalue weighted by Gasteiger charge is 2.18. The summed E-state index contributed by atoms with van der Waals surface area (Å²) in [6.07, 6.45) is 18.0. The number of hydrogen-bond donors (Lipinski definition) is 0. The van der Waals surface area contributed by atoms with Crippen molar-refractivity contribution in [2.75, 3.05) is 0 Å². The molecule has 0 N–H and O–H groups in total. The lowest BCUT2D eigenvalue weighted by Crippen LogP contribution is -2.21. The Labute approximate surface area is 123 Å². The minimum Gasteiger partial charge on any atom is -0.298 e. The van der Waals surface area contributed by atoms with Crippen LogP contribution in [0.4, 0.5) is 0 Å². The molecule has 0 aliphatic heterocycles. The number of hydrogen-bond acceptors (Lipinski definition) is 0. The van der Waals surface area contributed by atoms with E-state index in [1.165, 1.54) is 83.5 Å². The zero-order valence-corrected chi connectivity index (χ0v) is 14.8. The van der Waals surface area contributed by atoms with Crippen LogP contribution in [-0.2, 0) is 4.80 Å². The van der Waals surface area contributed by atoms with Gasteiger partial charge in [0.2, 0.25) is 8.32 Å². The van der Waals surface area contributed by atoms with Crippen LogP contribution in [0.2, 0.25) is 19.1 Å². The van der Waals surface area contributed by atoms with E-state index in [9.17, 15) is 4.80 Å². The van der Waals surface area contributed by atoms with Crippen molar-refractivity contribution in [3.05, 3.63) is 0 Å². The molecule has 0 aliphatic carbocycles. The lowest BCUT2D eigenvalue weighted by Gasteiger charge is -2.10. The van der Waals surface area contributed by atoms with Crippen molar-refractivity contribution in [1.29, 1.82) is 0 Å². The Kier molecular flexibility index (Phi) is 13.3. The predicted octanol–water partition coefficient (Wildman–Crippen LogP) is 6.71. The van der Waals surface area contributed by atoms with Crippen molar-refractivity contribution in [2.24, 2.45) is 0 Å². The highest BCUT2D eigenvalue weighted by molar-refractivity contribution is 6.69. The molecule has 0 aromatic heterocycles. The molecule has 0 bridgehead atoms. The first kappa shape index (κ1) is 19.2. The zero-order valence-electron chi connectivity index (χ0n) is 13.8. The summed E-state index contributed by atoms with van der Waals surface area (Å²) in [5.74, 6) is 0. The molecule has 19 heavy (non-hydrogen) atoms. The zero-order chi connectivity index (χ0) is 14.4.